The van der Waals surface area contributed by atoms with Gasteiger partial charge in [0.2, 0.25) is 5.91 Å². The maximum absolute atomic E-state index is 12.8. The molecule has 0 radical (unpaired) electrons. The average molecular weight is 472 g/mol. The molecule has 0 fully saturated rings. The number of ether oxygens (including phenoxy) is 1. The van der Waals surface area contributed by atoms with E-state index >= 15 is 0 Å². The van der Waals surface area contributed by atoms with Crippen LogP contribution in [0.3, 0.4) is 0 Å². The fraction of sp³-hybridized carbons (Fsp3) is 0.375. The largest absolute Gasteiger partial charge is 0.469 e. The molecule has 8 nitrogen and oxygen atoms in total. The summed E-state index contributed by atoms with van der Waals surface area (Å²) in [7, 11) is -2.19. The van der Waals surface area contributed by atoms with Gasteiger partial charge in [0, 0.05) is 31.6 Å². The Kier molecular flexibility index (Phi) is 8.59. The van der Waals surface area contributed by atoms with E-state index in [4.69, 9.17) is 4.74 Å². The van der Waals surface area contributed by atoms with Crippen molar-refractivity contribution >= 4 is 27.7 Å². The summed E-state index contributed by atoms with van der Waals surface area (Å²) >= 11 is 0. The third-order valence-electron chi connectivity index (χ3n) is 5.36. The number of nitrogens with one attached hydrogen (secondary N) is 1. The molecule has 3 rings (SSSR count). The maximum Gasteiger partial charge on any atom is 0.307 e. The molecule has 0 atom stereocenters. The van der Waals surface area contributed by atoms with E-state index in [1.165, 1.54) is 7.11 Å². The molecule has 2 aromatic carbocycles. The van der Waals surface area contributed by atoms with Crippen LogP contribution in [0.25, 0.3) is 0 Å². The van der Waals surface area contributed by atoms with Crippen LogP contribution in [0.2, 0.25) is 0 Å². The van der Waals surface area contributed by atoms with Crippen molar-refractivity contribution in [3.8, 4) is 0 Å². The van der Waals surface area contributed by atoms with Gasteiger partial charge in [-0.25, -0.2) is 8.42 Å². The minimum atomic E-state index is -3.53. The molecule has 0 saturated heterocycles. The molecular weight excluding hydrogens is 442 g/mol. The number of sulfonamides is 1. The van der Waals surface area contributed by atoms with Gasteiger partial charge in [-0.05, 0) is 30.5 Å². The van der Waals surface area contributed by atoms with Crippen LogP contribution in [0.5, 0.6) is 0 Å². The van der Waals surface area contributed by atoms with E-state index in [0.717, 1.165) is 18.4 Å². The first-order valence-corrected chi connectivity index (χ1v) is 12.4. The summed E-state index contributed by atoms with van der Waals surface area (Å²) in [5.41, 5.74) is 1.60. The summed E-state index contributed by atoms with van der Waals surface area (Å²) < 4.78 is 31.4. The highest BCUT2D eigenvalue weighted by atomic mass is 32.2. The van der Waals surface area contributed by atoms with Gasteiger partial charge < -0.3 is 9.64 Å². The van der Waals surface area contributed by atoms with Gasteiger partial charge in [-0.15, -0.1) is 0 Å². The van der Waals surface area contributed by atoms with Crippen molar-refractivity contribution in [2.24, 2.45) is 4.99 Å². The standard InChI is InChI=1S/C24H29N3O5S/c1-32-23(29)15-17-27(18-19-10-4-2-5-11-19)22(28)14-6-3-9-16-25-24-20-12-7-8-13-21(20)33(30,31)26-24/h2,4-5,7-8,10-13H,3,6,9,14-18H2,1H3,(H,25,26). The number of amides is 1. The second kappa shape index (κ2) is 11.6. The van der Waals surface area contributed by atoms with E-state index in [0.29, 0.717) is 43.9 Å². The molecular formula is C24H29N3O5S. The number of nitrogens with zero attached hydrogens (tertiary/aromatic N) is 2. The van der Waals surface area contributed by atoms with Gasteiger partial charge in [0.05, 0.1) is 18.4 Å². The zero-order valence-electron chi connectivity index (χ0n) is 18.7. The Bertz CT molecular complexity index is 1100. The van der Waals surface area contributed by atoms with Crippen molar-refractivity contribution in [3.05, 3.63) is 65.7 Å². The number of hydrogen-bond acceptors (Lipinski definition) is 6. The normalized spacial score (nSPS) is 15.0. The summed E-state index contributed by atoms with van der Waals surface area (Å²) in [5.74, 6) is 0.0224. The first-order chi connectivity index (χ1) is 15.9. The van der Waals surface area contributed by atoms with Gasteiger partial charge in [0.15, 0.2) is 0 Å². The van der Waals surface area contributed by atoms with Crippen LogP contribution in [-0.4, -0.2) is 51.2 Å². The minimum absolute atomic E-state index is 0.00782. The first-order valence-electron chi connectivity index (χ1n) is 11.0. The fourth-order valence-corrected chi connectivity index (χ4v) is 4.84. The molecule has 0 bridgehead atoms. The lowest BCUT2D eigenvalue weighted by atomic mass is 10.1. The number of aliphatic imine (C=N–C) groups is 1. The predicted octanol–water partition coefficient (Wildman–Crippen LogP) is 2.88. The third kappa shape index (κ3) is 6.89. The topological polar surface area (TPSA) is 105 Å². The van der Waals surface area contributed by atoms with Crippen molar-refractivity contribution < 1.29 is 22.7 Å². The van der Waals surface area contributed by atoms with Gasteiger partial charge in [0.25, 0.3) is 10.0 Å². The van der Waals surface area contributed by atoms with Crippen LogP contribution in [0.15, 0.2) is 64.5 Å². The summed E-state index contributed by atoms with van der Waals surface area (Å²) in [6.45, 7) is 1.23. The van der Waals surface area contributed by atoms with Crippen LogP contribution in [0, 0.1) is 0 Å². The molecule has 2 aromatic rings. The number of rotatable bonds is 11. The smallest absolute Gasteiger partial charge is 0.307 e. The number of carbonyl (C=O) groups excluding carboxylic acids is 2. The lowest BCUT2D eigenvalue weighted by molar-refractivity contribution is -0.142. The Labute approximate surface area is 194 Å². The molecule has 0 aliphatic carbocycles. The molecule has 0 spiro atoms. The lowest BCUT2D eigenvalue weighted by Gasteiger charge is -2.22. The summed E-state index contributed by atoms with van der Waals surface area (Å²) in [5, 5.41) is 0. The molecule has 176 valence electrons. The van der Waals surface area contributed by atoms with Gasteiger partial charge in [-0.3, -0.25) is 19.3 Å². The number of unbranched alkanes of at least 4 members (excludes halogenated alkanes) is 2. The van der Waals surface area contributed by atoms with E-state index in [2.05, 4.69) is 9.71 Å². The van der Waals surface area contributed by atoms with Gasteiger partial charge in [-0.1, -0.05) is 48.9 Å². The Balaban J connectivity index is 1.46. The summed E-state index contributed by atoms with van der Waals surface area (Å²) in [6, 6.07) is 16.4. The number of hydrogen-bond donors (Lipinski definition) is 1. The molecule has 1 amide bonds. The van der Waals surface area contributed by atoms with Crippen LogP contribution in [-0.2, 0) is 30.9 Å². The number of esters is 1. The van der Waals surface area contributed by atoms with Crippen molar-refractivity contribution in [2.75, 3.05) is 20.2 Å². The number of methoxy groups -OCH3 is 1. The fourth-order valence-electron chi connectivity index (χ4n) is 3.59. The Morgan fingerprint density at radius 2 is 1.70 bits per heavy atom. The van der Waals surface area contributed by atoms with E-state index in [1.807, 2.05) is 30.3 Å². The second-order valence-electron chi connectivity index (χ2n) is 7.77. The SMILES string of the molecule is COC(=O)CCN(Cc1ccccc1)C(=O)CCCCCN=C1NS(=O)(=O)c2ccccc21. The summed E-state index contributed by atoms with van der Waals surface area (Å²) in [4.78, 5) is 30.6. The first kappa shape index (κ1) is 24.4. The van der Waals surface area contributed by atoms with Gasteiger partial charge >= 0.3 is 5.97 Å². The van der Waals surface area contributed by atoms with Crippen molar-refractivity contribution in [1.82, 2.24) is 9.62 Å². The van der Waals surface area contributed by atoms with Crippen molar-refractivity contribution in [3.63, 3.8) is 0 Å². The molecule has 9 heteroatoms. The molecule has 0 unspecified atom stereocenters. The molecule has 0 saturated carbocycles. The van der Waals surface area contributed by atoms with Crippen molar-refractivity contribution in [1.29, 1.82) is 0 Å². The zero-order chi connectivity index (χ0) is 23.7. The molecule has 1 heterocycles. The Hall–Kier alpha value is -3.20. The summed E-state index contributed by atoms with van der Waals surface area (Å²) in [6.07, 6.45) is 2.74. The average Bonchev–Trinajstić information content (AvgIpc) is 3.09. The van der Waals surface area contributed by atoms with Crippen molar-refractivity contribution in [2.45, 2.75) is 43.5 Å². The third-order valence-corrected chi connectivity index (χ3v) is 6.76. The maximum atomic E-state index is 12.8. The van der Waals surface area contributed by atoms with Crippen LogP contribution in [0.4, 0.5) is 0 Å². The van der Waals surface area contributed by atoms with Gasteiger partial charge in [0.1, 0.15) is 5.84 Å². The van der Waals surface area contributed by atoms with E-state index in [-0.39, 0.29) is 23.2 Å². The predicted molar refractivity (Wildman–Crippen MR) is 125 cm³/mol. The minimum Gasteiger partial charge on any atom is -0.469 e. The number of carbonyl (C=O) groups is 2. The monoisotopic (exact) mass is 471 g/mol. The van der Waals surface area contributed by atoms with Crippen LogP contribution in [0.1, 0.15) is 43.2 Å². The Morgan fingerprint density at radius 3 is 2.45 bits per heavy atom. The molecule has 33 heavy (non-hydrogen) atoms. The highest BCUT2D eigenvalue weighted by Crippen LogP contribution is 2.22. The van der Waals surface area contributed by atoms with E-state index < -0.39 is 10.0 Å². The highest BCUT2D eigenvalue weighted by Gasteiger charge is 2.29. The second-order valence-corrected chi connectivity index (χ2v) is 9.42. The molecule has 0 aromatic heterocycles. The number of amidine groups is 1. The Morgan fingerprint density at radius 1 is 0.970 bits per heavy atom. The zero-order valence-corrected chi connectivity index (χ0v) is 19.5. The molecule has 1 N–H and O–H groups in total. The van der Waals surface area contributed by atoms with Gasteiger partial charge in [-0.2, -0.15) is 0 Å². The molecule has 1 aliphatic heterocycles. The lowest BCUT2D eigenvalue weighted by Crippen LogP contribution is -2.32. The number of benzene rings is 2. The quantitative estimate of drug-likeness (QED) is 0.401. The van der Waals surface area contributed by atoms with E-state index in [1.54, 1.807) is 29.2 Å². The van der Waals surface area contributed by atoms with Crippen LogP contribution < -0.4 is 4.72 Å². The highest BCUT2D eigenvalue weighted by molar-refractivity contribution is 7.90. The van der Waals surface area contributed by atoms with Crippen LogP contribution >= 0.6 is 0 Å². The molecule has 1 aliphatic rings. The van der Waals surface area contributed by atoms with E-state index in [9.17, 15) is 18.0 Å². The number of fused-ring (bicyclic) bond motifs is 1.